The Kier molecular flexibility index (Phi) is 6.27. The molecule has 0 aromatic carbocycles. The molecule has 0 aromatic rings. The predicted molar refractivity (Wildman–Crippen MR) is 34.3 cm³/mol. The third-order valence-corrected chi connectivity index (χ3v) is 0.784. The Labute approximate surface area is 55.2 Å². The molecule has 0 aliphatic carbocycles. The summed E-state index contributed by atoms with van der Waals surface area (Å²) >= 11 is 0. The number of unbranched alkanes of at least 4 members (excludes halogenated alkanes) is 1. The Morgan fingerprint density at radius 2 is 2.33 bits per heavy atom. The van der Waals surface area contributed by atoms with Gasteiger partial charge in [0.2, 0.25) is 0 Å². The molecule has 49 valence electrons. The van der Waals surface area contributed by atoms with Crippen molar-refractivity contribution in [1.29, 1.82) is 0 Å². The van der Waals surface area contributed by atoms with Crippen molar-refractivity contribution in [3.63, 3.8) is 0 Å². The smallest absolute Gasteiger partial charge is 0.417 e. The third kappa shape index (κ3) is 7.03. The SMILES string of the molecule is CC#CCCCO[C]=O. The molecule has 0 saturated heterocycles. The van der Waals surface area contributed by atoms with Crippen LogP contribution in [0, 0.1) is 11.8 Å². The number of rotatable bonds is 4. The van der Waals surface area contributed by atoms with Crippen molar-refractivity contribution in [3.8, 4) is 11.8 Å². The molecule has 0 bridgehead atoms. The van der Waals surface area contributed by atoms with E-state index in [0.717, 1.165) is 12.8 Å². The molecule has 0 N–H and O–H groups in total. The van der Waals surface area contributed by atoms with Gasteiger partial charge in [-0.3, -0.25) is 0 Å². The Morgan fingerprint density at radius 1 is 1.56 bits per heavy atom. The van der Waals surface area contributed by atoms with Gasteiger partial charge < -0.3 is 4.74 Å². The second kappa shape index (κ2) is 7.03. The maximum absolute atomic E-state index is 9.45. The molecule has 0 fully saturated rings. The Bertz CT molecular complexity index is 119. The van der Waals surface area contributed by atoms with Gasteiger partial charge in [0.1, 0.15) is 0 Å². The summed E-state index contributed by atoms with van der Waals surface area (Å²) in [6.45, 7) is 3.56. The number of ether oxygens (including phenoxy) is 1. The first-order valence-corrected chi connectivity index (χ1v) is 2.80. The first-order chi connectivity index (χ1) is 4.41. The summed E-state index contributed by atoms with van der Waals surface area (Å²) in [5, 5.41) is 0. The van der Waals surface area contributed by atoms with E-state index < -0.39 is 0 Å². The lowest BCUT2D eigenvalue weighted by Crippen LogP contribution is -1.89. The molecule has 0 amide bonds. The molecule has 0 heterocycles. The molecule has 2 nitrogen and oxygen atoms in total. The van der Waals surface area contributed by atoms with E-state index in [9.17, 15) is 4.79 Å². The zero-order valence-corrected chi connectivity index (χ0v) is 5.44. The van der Waals surface area contributed by atoms with E-state index in [1.54, 1.807) is 6.92 Å². The van der Waals surface area contributed by atoms with Crippen LogP contribution in [0.15, 0.2) is 0 Å². The first kappa shape index (κ1) is 8.03. The molecule has 0 aromatic heterocycles. The van der Waals surface area contributed by atoms with E-state index >= 15 is 0 Å². The minimum absolute atomic E-state index is 0.429. The van der Waals surface area contributed by atoms with Gasteiger partial charge in [0, 0.05) is 6.42 Å². The van der Waals surface area contributed by atoms with E-state index in [1.807, 2.05) is 0 Å². The molecule has 0 saturated carbocycles. The van der Waals surface area contributed by atoms with Gasteiger partial charge in [0.05, 0.1) is 6.61 Å². The van der Waals surface area contributed by atoms with Crippen LogP contribution in [0.4, 0.5) is 0 Å². The van der Waals surface area contributed by atoms with Gasteiger partial charge in [-0.05, 0) is 13.3 Å². The van der Waals surface area contributed by atoms with E-state index in [2.05, 4.69) is 16.6 Å². The summed E-state index contributed by atoms with van der Waals surface area (Å²) in [4.78, 5) is 9.45. The average Bonchev–Trinajstić information content (AvgIpc) is 1.89. The summed E-state index contributed by atoms with van der Waals surface area (Å²) in [7, 11) is 0. The van der Waals surface area contributed by atoms with Gasteiger partial charge >= 0.3 is 6.47 Å². The van der Waals surface area contributed by atoms with Crippen LogP contribution < -0.4 is 0 Å². The van der Waals surface area contributed by atoms with Crippen LogP contribution >= 0.6 is 0 Å². The lowest BCUT2D eigenvalue weighted by Gasteiger charge is -1.89. The highest BCUT2D eigenvalue weighted by Crippen LogP contribution is 1.85. The van der Waals surface area contributed by atoms with Crippen molar-refractivity contribution in [1.82, 2.24) is 0 Å². The molecule has 1 radical (unpaired) electrons. The van der Waals surface area contributed by atoms with Crippen molar-refractivity contribution in [2.24, 2.45) is 0 Å². The normalized spacial score (nSPS) is 7.22. The summed E-state index contributed by atoms with van der Waals surface area (Å²) in [6, 6.07) is 0. The summed E-state index contributed by atoms with van der Waals surface area (Å²) in [5.41, 5.74) is 0. The average molecular weight is 125 g/mol. The van der Waals surface area contributed by atoms with Crippen molar-refractivity contribution >= 4 is 6.47 Å². The fraction of sp³-hybridized carbons (Fsp3) is 0.571. The minimum Gasteiger partial charge on any atom is -0.457 e. The van der Waals surface area contributed by atoms with Crippen LogP contribution in [0.5, 0.6) is 0 Å². The van der Waals surface area contributed by atoms with Gasteiger partial charge in [-0.15, -0.1) is 11.8 Å². The fourth-order valence-electron chi connectivity index (χ4n) is 0.399. The lowest BCUT2D eigenvalue weighted by molar-refractivity contribution is 0.274. The van der Waals surface area contributed by atoms with E-state index in [-0.39, 0.29) is 0 Å². The molecule has 0 atom stereocenters. The molecule has 0 aliphatic rings. The van der Waals surface area contributed by atoms with Gasteiger partial charge in [-0.25, -0.2) is 4.79 Å². The monoisotopic (exact) mass is 125 g/mol. The van der Waals surface area contributed by atoms with Gasteiger partial charge in [0.15, 0.2) is 0 Å². The number of hydrogen-bond donors (Lipinski definition) is 0. The van der Waals surface area contributed by atoms with Crippen molar-refractivity contribution in [3.05, 3.63) is 0 Å². The predicted octanol–water partition coefficient (Wildman–Crippen LogP) is 0.874. The first-order valence-electron chi connectivity index (χ1n) is 2.80. The summed E-state index contributed by atoms with van der Waals surface area (Å²) in [6.07, 6.45) is 1.59. The Morgan fingerprint density at radius 3 is 2.89 bits per heavy atom. The highest BCUT2D eigenvalue weighted by Gasteiger charge is 1.82. The highest BCUT2D eigenvalue weighted by atomic mass is 16.5. The largest absolute Gasteiger partial charge is 0.457 e. The third-order valence-electron chi connectivity index (χ3n) is 0.784. The topological polar surface area (TPSA) is 26.3 Å². The molecular formula is C7H9O2. The Hall–Kier alpha value is -0.970. The van der Waals surface area contributed by atoms with Crippen LogP contribution in [-0.2, 0) is 9.53 Å². The Balaban J connectivity index is 2.88. The fourth-order valence-corrected chi connectivity index (χ4v) is 0.399. The van der Waals surface area contributed by atoms with Crippen molar-refractivity contribution in [2.75, 3.05) is 6.61 Å². The maximum Gasteiger partial charge on any atom is 0.417 e. The molecule has 0 aliphatic heterocycles. The van der Waals surface area contributed by atoms with Gasteiger partial charge in [-0.1, -0.05) is 0 Å². The zero-order chi connectivity index (χ0) is 6.95. The molecule has 0 spiro atoms. The lowest BCUT2D eigenvalue weighted by atomic mass is 10.3. The summed E-state index contributed by atoms with van der Waals surface area (Å²) < 4.78 is 4.31. The number of hydrogen-bond acceptors (Lipinski definition) is 2. The highest BCUT2D eigenvalue weighted by molar-refractivity contribution is 5.38. The molecule has 2 heteroatoms. The minimum atomic E-state index is 0.429. The molecule has 0 rings (SSSR count). The quantitative estimate of drug-likeness (QED) is 0.411. The van der Waals surface area contributed by atoms with E-state index in [4.69, 9.17) is 0 Å². The van der Waals surface area contributed by atoms with E-state index in [1.165, 1.54) is 6.47 Å². The van der Waals surface area contributed by atoms with Gasteiger partial charge in [0.25, 0.3) is 0 Å². The second-order valence-corrected chi connectivity index (χ2v) is 1.46. The van der Waals surface area contributed by atoms with Crippen LogP contribution in [0.1, 0.15) is 19.8 Å². The maximum atomic E-state index is 9.45. The van der Waals surface area contributed by atoms with Crippen molar-refractivity contribution in [2.45, 2.75) is 19.8 Å². The van der Waals surface area contributed by atoms with Crippen LogP contribution in [-0.4, -0.2) is 13.1 Å². The van der Waals surface area contributed by atoms with E-state index in [0.29, 0.717) is 6.61 Å². The van der Waals surface area contributed by atoms with Crippen LogP contribution in [0.2, 0.25) is 0 Å². The van der Waals surface area contributed by atoms with Crippen molar-refractivity contribution < 1.29 is 9.53 Å². The number of carbonyl (C=O) groups excluding carboxylic acids is 1. The van der Waals surface area contributed by atoms with Crippen LogP contribution in [0.25, 0.3) is 0 Å². The second-order valence-electron chi connectivity index (χ2n) is 1.46. The molecule has 0 unspecified atom stereocenters. The molecular weight excluding hydrogens is 116 g/mol. The van der Waals surface area contributed by atoms with Gasteiger partial charge in [-0.2, -0.15) is 0 Å². The molecule has 9 heavy (non-hydrogen) atoms. The summed E-state index contributed by atoms with van der Waals surface area (Å²) in [5.74, 6) is 5.59. The van der Waals surface area contributed by atoms with Crippen LogP contribution in [0.3, 0.4) is 0 Å². The standard InChI is InChI=1S/C7H9O2/c1-2-3-4-5-6-9-7-8/h4-6H2,1H3. The zero-order valence-electron chi connectivity index (χ0n) is 5.44.